The summed E-state index contributed by atoms with van der Waals surface area (Å²) in [7, 11) is 0. The number of hydrogen-bond donors (Lipinski definition) is 1. The number of hydrogen-bond acceptors (Lipinski definition) is 2. The minimum Gasteiger partial charge on any atom is -0.389 e. The molecule has 2 N–H and O–H groups in total. The summed E-state index contributed by atoms with van der Waals surface area (Å²) in [5.41, 5.74) is 9.81. The van der Waals surface area contributed by atoms with Gasteiger partial charge in [0.05, 0.1) is 0 Å². The van der Waals surface area contributed by atoms with E-state index in [1.54, 1.807) is 0 Å². The van der Waals surface area contributed by atoms with Gasteiger partial charge >= 0.3 is 0 Å². The first-order chi connectivity index (χ1) is 9.01. The average Bonchev–Trinajstić information content (AvgIpc) is 2.83. The van der Waals surface area contributed by atoms with Crippen molar-refractivity contribution in [3.63, 3.8) is 0 Å². The summed E-state index contributed by atoms with van der Waals surface area (Å²) < 4.78 is 0. The summed E-state index contributed by atoms with van der Waals surface area (Å²) in [6.07, 6.45) is 3.76. The molecule has 3 heteroatoms. The molecule has 1 aromatic rings. The highest BCUT2D eigenvalue weighted by Crippen LogP contribution is 2.39. The summed E-state index contributed by atoms with van der Waals surface area (Å²) in [5.74, 6) is 0. The number of aryl methyl sites for hydroxylation is 1. The maximum atomic E-state index is 5.89. The fourth-order valence-electron chi connectivity index (χ4n) is 3.09. The molecule has 1 aliphatic rings. The molecule has 0 aromatic heterocycles. The van der Waals surface area contributed by atoms with E-state index in [1.165, 1.54) is 30.5 Å². The summed E-state index contributed by atoms with van der Waals surface area (Å²) in [6.45, 7) is 8.92. The van der Waals surface area contributed by atoms with E-state index in [9.17, 15) is 0 Å². The summed E-state index contributed by atoms with van der Waals surface area (Å²) in [6, 6.07) is 6.43. The molecule has 1 heterocycles. The van der Waals surface area contributed by atoms with Crippen LogP contribution in [0.2, 0.25) is 0 Å². The molecule has 0 saturated carbocycles. The third-order valence-corrected chi connectivity index (χ3v) is 4.92. The number of thiocarbonyl (C=S) groups is 1. The van der Waals surface area contributed by atoms with Crippen LogP contribution in [-0.2, 0) is 0 Å². The number of rotatable bonds is 4. The van der Waals surface area contributed by atoms with Gasteiger partial charge in [0.25, 0.3) is 0 Å². The topological polar surface area (TPSA) is 29.3 Å². The molecule has 0 atom stereocenters. The molecule has 0 amide bonds. The van der Waals surface area contributed by atoms with Crippen molar-refractivity contribution in [1.82, 2.24) is 0 Å². The Bertz CT molecular complexity index is 478. The smallest absolute Gasteiger partial charge is 0.106 e. The fourth-order valence-corrected chi connectivity index (χ4v) is 3.25. The highest BCUT2D eigenvalue weighted by atomic mass is 32.1. The molecule has 0 bridgehead atoms. The Balaban J connectivity index is 2.31. The van der Waals surface area contributed by atoms with Crippen molar-refractivity contribution >= 4 is 22.9 Å². The predicted octanol–water partition coefficient (Wildman–Crippen LogP) is 3.65. The normalized spacial score (nSPS) is 17.7. The van der Waals surface area contributed by atoms with Crippen LogP contribution in [0.25, 0.3) is 0 Å². The molecule has 19 heavy (non-hydrogen) atoms. The molecule has 2 rings (SSSR count). The lowest BCUT2D eigenvalue weighted by atomic mass is 9.82. The van der Waals surface area contributed by atoms with Crippen molar-refractivity contribution in [1.29, 1.82) is 0 Å². The Morgan fingerprint density at radius 1 is 1.37 bits per heavy atom. The van der Waals surface area contributed by atoms with Crippen LogP contribution in [0.4, 0.5) is 5.69 Å². The van der Waals surface area contributed by atoms with Gasteiger partial charge in [0.2, 0.25) is 0 Å². The van der Waals surface area contributed by atoms with E-state index in [0.29, 0.717) is 10.4 Å². The maximum absolute atomic E-state index is 5.89. The van der Waals surface area contributed by atoms with Crippen molar-refractivity contribution in [3.05, 3.63) is 29.3 Å². The first kappa shape index (κ1) is 14.3. The Hall–Kier alpha value is -1.09. The van der Waals surface area contributed by atoms with Gasteiger partial charge in [-0.05, 0) is 43.7 Å². The molecule has 2 nitrogen and oxygen atoms in total. The summed E-state index contributed by atoms with van der Waals surface area (Å²) >= 11 is 5.21. The van der Waals surface area contributed by atoms with Crippen LogP contribution >= 0.6 is 12.2 Å². The summed E-state index contributed by atoms with van der Waals surface area (Å²) in [4.78, 5) is 2.96. The van der Waals surface area contributed by atoms with Gasteiger partial charge in [0.1, 0.15) is 4.99 Å². The lowest BCUT2D eigenvalue weighted by Crippen LogP contribution is -2.28. The third kappa shape index (κ3) is 2.76. The van der Waals surface area contributed by atoms with E-state index in [0.717, 1.165) is 18.7 Å². The standard InChI is InChI=1S/C16H24N2S/c1-4-16(5-2)8-9-18(11-16)14-7-6-12(3)10-13(14)15(17)19/h6-7,10H,4-5,8-9,11H2,1-3H3,(H2,17,19). The molecule has 0 unspecified atom stereocenters. The van der Waals surface area contributed by atoms with Gasteiger partial charge in [0.15, 0.2) is 0 Å². The predicted molar refractivity (Wildman–Crippen MR) is 86.9 cm³/mol. The highest BCUT2D eigenvalue weighted by molar-refractivity contribution is 7.80. The lowest BCUT2D eigenvalue weighted by Gasteiger charge is -2.28. The van der Waals surface area contributed by atoms with Crippen molar-refractivity contribution in [2.45, 2.75) is 40.0 Å². The van der Waals surface area contributed by atoms with E-state index in [4.69, 9.17) is 18.0 Å². The third-order valence-electron chi connectivity index (χ3n) is 4.70. The zero-order valence-electron chi connectivity index (χ0n) is 12.2. The maximum Gasteiger partial charge on any atom is 0.106 e. The molecule has 0 spiro atoms. The minimum absolute atomic E-state index is 0.471. The lowest BCUT2D eigenvalue weighted by molar-refractivity contribution is 0.301. The first-order valence-corrected chi connectivity index (χ1v) is 7.57. The largest absolute Gasteiger partial charge is 0.389 e. The number of anilines is 1. The van der Waals surface area contributed by atoms with Crippen molar-refractivity contribution in [2.24, 2.45) is 11.1 Å². The van der Waals surface area contributed by atoms with Crippen LogP contribution in [0.5, 0.6) is 0 Å². The van der Waals surface area contributed by atoms with Crippen molar-refractivity contribution in [3.8, 4) is 0 Å². The summed E-state index contributed by atoms with van der Waals surface area (Å²) in [5, 5.41) is 0. The van der Waals surface area contributed by atoms with Crippen LogP contribution in [0.15, 0.2) is 18.2 Å². The van der Waals surface area contributed by atoms with E-state index in [-0.39, 0.29) is 0 Å². The van der Waals surface area contributed by atoms with Gasteiger partial charge in [-0.25, -0.2) is 0 Å². The fraction of sp³-hybridized carbons (Fsp3) is 0.562. The second-order valence-electron chi connectivity index (χ2n) is 5.76. The zero-order chi connectivity index (χ0) is 14.0. The molecule has 104 valence electrons. The molecule has 0 aliphatic carbocycles. The van der Waals surface area contributed by atoms with Gasteiger partial charge in [0, 0.05) is 24.3 Å². The Morgan fingerprint density at radius 2 is 2.05 bits per heavy atom. The van der Waals surface area contributed by atoms with Crippen molar-refractivity contribution in [2.75, 3.05) is 18.0 Å². The van der Waals surface area contributed by atoms with E-state index >= 15 is 0 Å². The molecule has 0 radical (unpaired) electrons. The van der Waals surface area contributed by atoms with Crippen molar-refractivity contribution < 1.29 is 0 Å². The van der Waals surface area contributed by atoms with Gasteiger partial charge in [-0.2, -0.15) is 0 Å². The first-order valence-electron chi connectivity index (χ1n) is 7.17. The second kappa shape index (κ2) is 5.49. The molecule has 1 saturated heterocycles. The number of nitrogens with two attached hydrogens (primary N) is 1. The zero-order valence-corrected chi connectivity index (χ0v) is 13.0. The number of nitrogens with zero attached hydrogens (tertiary/aromatic N) is 1. The van der Waals surface area contributed by atoms with Gasteiger partial charge in [-0.3, -0.25) is 0 Å². The number of benzene rings is 1. The SMILES string of the molecule is CCC1(CC)CCN(c2ccc(C)cc2C(N)=S)C1. The van der Waals surface area contributed by atoms with Crippen LogP contribution in [0, 0.1) is 12.3 Å². The Morgan fingerprint density at radius 3 is 2.58 bits per heavy atom. The van der Waals surface area contributed by atoms with Gasteiger partial charge in [-0.15, -0.1) is 0 Å². The quantitative estimate of drug-likeness (QED) is 0.851. The van der Waals surface area contributed by atoms with E-state index < -0.39 is 0 Å². The van der Waals surface area contributed by atoms with Crippen LogP contribution < -0.4 is 10.6 Å². The second-order valence-corrected chi connectivity index (χ2v) is 6.20. The molecular weight excluding hydrogens is 252 g/mol. The molecule has 1 aliphatic heterocycles. The van der Waals surface area contributed by atoms with Crippen LogP contribution in [-0.4, -0.2) is 18.1 Å². The van der Waals surface area contributed by atoms with Gasteiger partial charge < -0.3 is 10.6 Å². The van der Waals surface area contributed by atoms with Crippen LogP contribution in [0.3, 0.4) is 0 Å². The van der Waals surface area contributed by atoms with E-state index in [2.05, 4.69) is 43.9 Å². The van der Waals surface area contributed by atoms with Crippen LogP contribution in [0.1, 0.15) is 44.2 Å². The Labute approximate surface area is 122 Å². The molecular formula is C16H24N2S. The van der Waals surface area contributed by atoms with Gasteiger partial charge in [-0.1, -0.05) is 37.7 Å². The average molecular weight is 276 g/mol. The molecule has 1 aromatic carbocycles. The monoisotopic (exact) mass is 276 g/mol. The van der Waals surface area contributed by atoms with E-state index in [1.807, 2.05) is 0 Å². The highest BCUT2D eigenvalue weighted by Gasteiger charge is 2.35. The molecule has 1 fully saturated rings. The Kier molecular flexibility index (Phi) is 4.14. The minimum atomic E-state index is 0.471.